The molecule has 1 N–H and O–H groups in total. The molecule has 1 aromatic heterocycles. The number of para-hydroxylation sites is 1. The van der Waals surface area contributed by atoms with Crippen LogP contribution in [0.3, 0.4) is 0 Å². The summed E-state index contributed by atoms with van der Waals surface area (Å²) < 4.78 is 36.7. The Hall–Kier alpha value is -2.50. The zero-order valence-electron chi connectivity index (χ0n) is 18.0. The fourth-order valence-electron chi connectivity index (χ4n) is 5.44. The summed E-state index contributed by atoms with van der Waals surface area (Å²) in [6.45, 7) is 5.29. The molecule has 2 aliphatic heterocycles. The molecule has 5 heteroatoms. The molecule has 1 saturated heterocycles. The van der Waals surface area contributed by atoms with Gasteiger partial charge in [0.15, 0.2) is 0 Å². The Morgan fingerprint density at radius 1 is 1.19 bits per heavy atom. The lowest BCUT2D eigenvalue weighted by Gasteiger charge is -2.45. The smallest absolute Gasteiger partial charge is 0.131 e. The molecular weight excluding hydrogens is 394 g/mol. The molecule has 31 heavy (non-hydrogen) atoms. The van der Waals surface area contributed by atoms with E-state index in [0.717, 1.165) is 35.9 Å². The van der Waals surface area contributed by atoms with Gasteiger partial charge in [0.2, 0.25) is 0 Å². The van der Waals surface area contributed by atoms with Gasteiger partial charge in [-0.2, -0.15) is 0 Å². The standard InChI is InChI=1S/C26H28F2N2O/c1-3-7-16-12-21(27)24(22(28)13-16)26-25-20(19-8-5-6-9-23(19)29-25)14-17(4-2)30(26)18-10-11-31-15-18/h3,5-9,12-13,17-18,26,29H,4,10-11,14-15H2,1-2H3/b7-3+/t17-,18-,26-/m1/s1. The maximum atomic E-state index is 15.5. The number of fused-ring (bicyclic) bond motifs is 3. The number of rotatable bonds is 4. The van der Waals surface area contributed by atoms with Crippen LogP contribution in [-0.4, -0.2) is 35.2 Å². The number of halogens is 2. The highest BCUT2D eigenvalue weighted by atomic mass is 19.1. The van der Waals surface area contributed by atoms with Crippen molar-refractivity contribution >= 4 is 17.0 Å². The van der Waals surface area contributed by atoms with Crippen molar-refractivity contribution in [1.82, 2.24) is 9.88 Å². The van der Waals surface area contributed by atoms with Crippen LogP contribution in [0.2, 0.25) is 0 Å². The third-order valence-corrected chi connectivity index (χ3v) is 6.81. The van der Waals surface area contributed by atoms with E-state index in [9.17, 15) is 0 Å². The van der Waals surface area contributed by atoms with E-state index in [1.165, 1.54) is 17.7 Å². The van der Waals surface area contributed by atoms with Crippen molar-refractivity contribution in [2.75, 3.05) is 13.2 Å². The molecule has 5 rings (SSSR count). The lowest BCUT2D eigenvalue weighted by Crippen LogP contribution is -2.50. The largest absolute Gasteiger partial charge is 0.380 e. The summed E-state index contributed by atoms with van der Waals surface area (Å²) in [5.74, 6) is -0.994. The van der Waals surface area contributed by atoms with Crippen molar-refractivity contribution in [1.29, 1.82) is 0 Å². The number of H-pyrrole nitrogens is 1. The molecule has 3 atom stereocenters. The SMILES string of the molecule is C/C=C/c1cc(F)c([C@@H]2c3[nH]c4ccccc4c3C[C@@H](CC)N2[C@@H]2CCOC2)c(F)c1. The lowest BCUT2D eigenvalue weighted by molar-refractivity contribution is 0.0638. The second kappa shape index (κ2) is 8.21. The highest BCUT2D eigenvalue weighted by Gasteiger charge is 2.43. The third kappa shape index (κ3) is 3.40. The van der Waals surface area contributed by atoms with Gasteiger partial charge >= 0.3 is 0 Å². The monoisotopic (exact) mass is 422 g/mol. The Kier molecular flexibility index (Phi) is 5.40. The van der Waals surface area contributed by atoms with Gasteiger partial charge < -0.3 is 9.72 Å². The minimum absolute atomic E-state index is 0.131. The fraction of sp³-hybridized carbons (Fsp3) is 0.385. The number of aromatic amines is 1. The van der Waals surface area contributed by atoms with E-state index < -0.39 is 17.7 Å². The van der Waals surface area contributed by atoms with Crippen molar-refractivity contribution in [3.05, 3.63) is 76.5 Å². The minimum Gasteiger partial charge on any atom is -0.380 e. The van der Waals surface area contributed by atoms with Gasteiger partial charge in [-0.05, 0) is 55.5 Å². The molecule has 3 nitrogen and oxygen atoms in total. The average molecular weight is 423 g/mol. The number of allylic oxidation sites excluding steroid dienone is 1. The molecule has 0 spiro atoms. The van der Waals surface area contributed by atoms with Crippen molar-refractivity contribution in [3.63, 3.8) is 0 Å². The first-order chi connectivity index (χ1) is 15.1. The molecular formula is C26H28F2N2O. The molecule has 3 aromatic rings. The van der Waals surface area contributed by atoms with Crippen LogP contribution in [0.1, 0.15) is 55.1 Å². The minimum atomic E-state index is -0.507. The van der Waals surface area contributed by atoms with Gasteiger partial charge in [0.1, 0.15) is 11.6 Å². The van der Waals surface area contributed by atoms with Gasteiger partial charge in [0, 0.05) is 40.9 Å². The normalized spacial score (nSPS) is 24.3. The number of hydrogen-bond acceptors (Lipinski definition) is 2. The molecule has 0 bridgehead atoms. The Morgan fingerprint density at radius 2 is 1.97 bits per heavy atom. The molecule has 1 fully saturated rings. The van der Waals surface area contributed by atoms with Gasteiger partial charge in [-0.3, -0.25) is 4.90 Å². The van der Waals surface area contributed by atoms with E-state index in [2.05, 4.69) is 22.9 Å². The summed E-state index contributed by atoms with van der Waals surface area (Å²) in [5.41, 5.74) is 3.78. The summed E-state index contributed by atoms with van der Waals surface area (Å²) in [5, 5.41) is 1.15. The van der Waals surface area contributed by atoms with E-state index >= 15 is 8.78 Å². The fourth-order valence-corrected chi connectivity index (χ4v) is 5.44. The van der Waals surface area contributed by atoms with E-state index in [0.29, 0.717) is 18.8 Å². The number of benzene rings is 2. The van der Waals surface area contributed by atoms with E-state index in [1.54, 1.807) is 12.2 Å². The number of nitrogens with one attached hydrogen (secondary N) is 1. The van der Waals surface area contributed by atoms with Gasteiger partial charge in [-0.15, -0.1) is 0 Å². The average Bonchev–Trinajstić information content (AvgIpc) is 3.41. The second-order valence-electron chi connectivity index (χ2n) is 8.59. The molecule has 2 aromatic carbocycles. The van der Waals surface area contributed by atoms with Crippen LogP contribution in [0.4, 0.5) is 8.78 Å². The maximum Gasteiger partial charge on any atom is 0.131 e. The zero-order chi connectivity index (χ0) is 21.5. The van der Waals surface area contributed by atoms with Crippen molar-refractivity contribution < 1.29 is 13.5 Å². The topological polar surface area (TPSA) is 28.3 Å². The number of ether oxygens (including phenoxy) is 1. The molecule has 0 aliphatic carbocycles. The van der Waals surface area contributed by atoms with Crippen LogP contribution < -0.4 is 0 Å². The molecule has 0 unspecified atom stereocenters. The Morgan fingerprint density at radius 3 is 2.65 bits per heavy atom. The Balaban J connectivity index is 1.75. The van der Waals surface area contributed by atoms with Crippen LogP contribution in [0.25, 0.3) is 17.0 Å². The highest BCUT2D eigenvalue weighted by molar-refractivity contribution is 5.85. The quantitative estimate of drug-likeness (QED) is 0.559. The molecule has 0 amide bonds. The van der Waals surface area contributed by atoms with Crippen LogP contribution in [0, 0.1) is 11.6 Å². The summed E-state index contributed by atoms with van der Waals surface area (Å²) in [6, 6.07) is 10.9. The van der Waals surface area contributed by atoms with E-state index in [4.69, 9.17) is 4.74 Å². The highest BCUT2D eigenvalue weighted by Crippen LogP contribution is 2.45. The predicted octanol–water partition coefficient (Wildman–Crippen LogP) is 5.99. The first-order valence-electron chi connectivity index (χ1n) is 11.2. The molecule has 0 radical (unpaired) electrons. The van der Waals surface area contributed by atoms with E-state index in [1.807, 2.05) is 25.1 Å². The summed E-state index contributed by atoms with van der Waals surface area (Å²) in [6.07, 6.45) is 6.17. The third-order valence-electron chi connectivity index (χ3n) is 6.81. The van der Waals surface area contributed by atoms with Gasteiger partial charge in [0.25, 0.3) is 0 Å². The second-order valence-corrected chi connectivity index (χ2v) is 8.59. The van der Waals surface area contributed by atoms with Crippen LogP contribution in [-0.2, 0) is 11.2 Å². The number of hydrogen-bond donors (Lipinski definition) is 1. The first-order valence-corrected chi connectivity index (χ1v) is 11.2. The van der Waals surface area contributed by atoms with Gasteiger partial charge in [0.05, 0.1) is 12.6 Å². The lowest BCUT2D eigenvalue weighted by atomic mass is 9.85. The molecule has 2 aliphatic rings. The maximum absolute atomic E-state index is 15.5. The van der Waals surface area contributed by atoms with Crippen molar-refractivity contribution in [3.8, 4) is 0 Å². The number of aromatic nitrogens is 1. The van der Waals surface area contributed by atoms with Crippen LogP contribution in [0.15, 0.2) is 42.5 Å². The molecule has 3 heterocycles. The van der Waals surface area contributed by atoms with Crippen LogP contribution in [0.5, 0.6) is 0 Å². The predicted molar refractivity (Wildman–Crippen MR) is 120 cm³/mol. The summed E-state index contributed by atoms with van der Waals surface area (Å²) in [7, 11) is 0. The van der Waals surface area contributed by atoms with E-state index in [-0.39, 0.29) is 17.6 Å². The van der Waals surface area contributed by atoms with Gasteiger partial charge in [-0.1, -0.05) is 37.3 Å². The van der Waals surface area contributed by atoms with Crippen molar-refractivity contribution in [2.24, 2.45) is 0 Å². The Bertz CT molecular complexity index is 1110. The Labute approximate surface area is 181 Å². The zero-order valence-corrected chi connectivity index (χ0v) is 18.0. The number of nitrogens with zero attached hydrogens (tertiary/aromatic N) is 1. The van der Waals surface area contributed by atoms with Gasteiger partial charge in [-0.25, -0.2) is 8.78 Å². The molecule has 162 valence electrons. The summed E-state index contributed by atoms with van der Waals surface area (Å²) in [4.78, 5) is 5.85. The first kappa shape index (κ1) is 20.4. The summed E-state index contributed by atoms with van der Waals surface area (Å²) >= 11 is 0. The molecule has 0 saturated carbocycles. The van der Waals surface area contributed by atoms with Crippen molar-refractivity contribution in [2.45, 2.75) is 51.2 Å². The van der Waals surface area contributed by atoms with Crippen LogP contribution >= 0.6 is 0 Å².